The van der Waals surface area contributed by atoms with Gasteiger partial charge < -0.3 is 9.84 Å². The van der Waals surface area contributed by atoms with Crippen LogP contribution in [0.25, 0.3) is 0 Å². The smallest absolute Gasteiger partial charge is 0.305 e. The molecule has 17 heavy (non-hydrogen) atoms. The van der Waals surface area contributed by atoms with E-state index in [-0.39, 0.29) is 12.1 Å². The molecule has 0 aromatic rings. The molecule has 0 heterocycles. The van der Waals surface area contributed by atoms with E-state index >= 15 is 0 Å². The Kier molecular flexibility index (Phi) is 5.69. The van der Waals surface area contributed by atoms with Gasteiger partial charge in [0.1, 0.15) is 0 Å². The van der Waals surface area contributed by atoms with Gasteiger partial charge in [0, 0.05) is 6.42 Å². The summed E-state index contributed by atoms with van der Waals surface area (Å²) in [6.07, 6.45) is 4.70. The Morgan fingerprint density at radius 1 is 1.65 bits per heavy atom. The van der Waals surface area contributed by atoms with Gasteiger partial charge in [-0.2, -0.15) is 0 Å². The summed E-state index contributed by atoms with van der Waals surface area (Å²) >= 11 is 0. The van der Waals surface area contributed by atoms with Gasteiger partial charge >= 0.3 is 5.97 Å². The van der Waals surface area contributed by atoms with E-state index in [0.717, 1.165) is 12.8 Å². The van der Waals surface area contributed by atoms with Crippen LogP contribution in [0.2, 0.25) is 0 Å². The van der Waals surface area contributed by atoms with Crippen LogP contribution in [0.3, 0.4) is 0 Å². The van der Waals surface area contributed by atoms with Gasteiger partial charge in [-0.15, -0.1) is 0 Å². The average molecular weight is 240 g/mol. The van der Waals surface area contributed by atoms with Crippen LogP contribution < -0.4 is 0 Å². The fraction of sp³-hybridized carbons (Fsp3) is 0.786. The molecule has 1 aliphatic rings. The highest BCUT2D eigenvalue weighted by Crippen LogP contribution is 2.31. The molecular weight excluding hydrogens is 216 g/mol. The Hall–Kier alpha value is -0.830. The maximum absolute atomic E-state index is 11.2. The van der Waals surface area contributed by atoms with Gasteiger partial charge in [-0.3, -0.25) is 4.79 Å². The van der Waals surface area contributed by atoms with Crippen LogP contribution in [-0.4, -0.2) is 23.8 Å². The molecule has 0 aromatic heterocycles. The van der Waals surface area contributed by atoms with Crippen LogP contribution in [-0.2, 0) is 9.53 Å². The van der Waals surface area contributed by atoms with Crippen molar-refractivity contribution in [3.8, 4) is 0 Å². The van der Waals surface area contributed by atoms with Crippen LogP contribution in [0.4, 0.5) is 0 Å². The van der Waals surface area contributed by atoms with Gasteiger partial charge in [-0.1, -0.05) is 18.6 Å². The first kappa shape index (κ1) is 14.2. The number of carbonyl (C=O) groups is 1. The molecule has 0 spiro atoms. The molecule has 3 unspecified atom stereocenters. The van der Waals surface area contributed by atoms with E-state index in [4.69, 9.17) is 4.74 Å². The number of allylic oxidation sites excluding steroid dienone is 2. The first-order chi connectivity index (χ1) is 8.02. The first-order valence-electron chi connectivity index (χ1n) is 6.54. The van der Waals surface area contributed by atoms with E-state index in [0.29, 0.717) is 31.3 Å². The Balaban J connectivity index is 2.35. The quantitative estimate of drug-likeness (QED) is 0.593. The molecule has 0 bridgehead atoms. The normalized spacial score (nSPS) is 26.2. The minimum atomic E-state index is -0.384. The second kappa shape index (κ2) is 6.80. The molecule has 3 atom stereocenters. The number of ether oxygens (including phenoxy) is 1. The van der Waals surface area contributed by atoms with Crippen molar-refractivity contribution in [2.24, 2.45) is 11.8 Å². The van der Waals surface area contributed by atoms with Crippen molar-refractivity contribution in [3.63, 3.8) is 0 Å². The zero-order valence-corrected chi connectivity index (χ0v) is 11.1. The van der Waals surface area contributed by atoms with E-state index in [1.165, 1.54) is 5.57 Å². The Bertz CT molecular complexity index is 283. The Morgan fingerprint density at radius 3 is 2.94 bits per heavy atom. The minimum Gasteiger partial charge on any atom is -0.466 e. The summed E-state index contributed by atoms with van der Waals surface area (Å²) < 4.78 is 4.86. The van der Waals surface area contributed by atoms with Gasteiger partial charge in [-0.05, 0) is 44.9 Å². The van der Waals surface area contributed by atoms with Crippen molar-refractivity contribution in [1.82, 2.24) is 0 Å². The number of hydrogen-bond donors (Lipinski definition) is 1. The molecule has 0 fully saturated rings. The zero-order valence-electron chi connectivity index (χ0n) is 11.1. The van der Waals surface area contributed by atoms with Crippen molar-refractivity contribution in [3.05, 3.63) is 11.6 Å². The van der Waals surface area contributed by atoms with Gasteiger partial charge in [-0.25, -0.2) is 0 Å². The maximum atomic E-state index is 11.2. The van der Waals surface area contributed by atoms with E-state index in [2.05, 4.69) is 19.9 Å². The number of rotatable bonds is 5. The third kappa shape index (κ3) is 4.90. The molecular formula is C14H24O3. The van der Waals surface area contributed by atoms with E-state index in [1.54, 1.807) is 6.92 Å². The molecule has 3 nitrogen and oxygen atoms in total. The van der Waals surface area contributed by atoms with Gasteiger partial charge in [0.25, 0.3) is 0 Å². The average Bonchev–Trinajstić information content (AvgIpc) is 2.25. The Morgan fingerprint density at radius 2 is 2.35 bits per heavy atom. The molecule has 0 saturated heterocycles. The molecule has 1 rings (SSSR count). The van der Waals surface area contributed by atoms with Gasteiger partial charge in [0.15, 0.2) is 0 Å². The van der Waals surface area contributed by atoms with Crippen molar-refractivity contribution in [1.29, 1.82) is 0 Å². The topological polar surface area (TPSA) is 46.5 Å². The number of carbonyl (C=O) groups excluding carboxylic acids is 1. The lowest BCUT2D eigenvalue weighted by Gasteiger charge is -2.29. The summed E-state index contributed by atoms with van der Waals surface area (Å²) in [5.41, 5.74) is 1.35. The molecule has 1 N–H and O–H groups in total. The first-order valence-corrected chi connectivity index (χ1v) is 6.54. The third-order valence-corrected chi connectivity index (χ3v) is 3.32. The van der Waals surface area contributed by atoms with Crippen molar-refractivity contribution in [2.45, 2.75) is 52.6 Å². The molecule has 1 aliphatic carbocycles. The van der Waals surface area contributed by atoms with Crippen LogP contribution in [0.5, 0.6) is 0 Å². The van der Waals surface area contributed by atoms with Crippen LogP contribution in [0.15, 0.2) is 11.6 Å². The maximum Gasteiger partial charge on any atom is 0.305 e. The predicted molar refractivity (Wildman–Crippen MR) is 67.5 cm³/mol. The van der Waals surface area contributed by atoms with E-state index in [1.807, 2.05) is 0 Å². The highest BCUT2D eigenvalue weighted by molar-refractivity contribution is 5.69. The van der Waals surface area contributed by atoms with E-state index in [9.17, 15) is 9.90 Å². The molecule has 0 aliphatic heterocycles. The SMILES string of the molecule is CCOC(=O)CCC(O)C1CC(C)=CC(C)C1. The lowest BCUT2D eigenvalue weighted by Crippen LogP contribution is -2.26. The number of esters is 1. The number of aliphatic hydroxyl groups excluding tert-OH is 1. The fourth-order valence-corrected chi connectivity index (χ4v) is 2.62. The second-order valence-corrected chi connectivity index (χ2v) is 5.10. The van der Waals surface area contributed by atoms with E-state index < -0.39 is 0 Å². The summed E-state index contributed by atoms with van der Waals surface area (Å²) in [5.74, 6) is 0.623. The standard InChI is InChI=1S/C14H24O3/c1-4-17-14(16)6-5-13(15)12-8-10(2)7-11(3)9-12/h7,10,12-13,15H,4-6,8-9H2,1-3H3. The van der Waals surface area contributed by atoms with Crippen molar-refractivity contribution >= 4 is 5.97 Å². The zero-order chi connectivity index (χ0) is 12.8. The van der Waals surface area contributed by atoms with Crippen LogP contribution in [0, 0.1) is 11.8 Å². The highest BCUT2D eigenvalue weighted by atomic mass is 16.5. The summed E-state index contributed by atoms with van der Waals surface area (Å²) in [7, 11) is 0. The lowest BCUT2D eigenvalue weighted by atomic mass is 9.79. The van der Waals surface area contributed by atoms with Crippen molar-refractivity contribution in [2.75, 3.05) is 6.61 Å². The molecule has 0 aromatic carbocycles. The van der Waals surface area contributed by atoms with Gasteiger partial charge in [0.2, 0.25) is 0 Å². The second-order valence-electron chi connectivity index (χ2n) is 5.10. The molecule has 0 radical (unpaired) electrons. The fourth-order valence-electron chi connectivity index (χ4n) is 2.62. The van der Waals surface area contributed by atoms with Crippen LogP contribution in [0.1, 0.15) is 46.5 Å². The molecule has 98 valence electrons. The van der Waals surface area contributed by atoms with Gasteiger partial charge in [0.05, 0.1) is 12.7 Å². The summed E-state index contributed by atoms with van der Waals surface area (Å²) in [6.45, 7) is 6.50. The third-order valence-electron chi connectivity index (χ3n) is 3.32. The lowest BCUT2D eigenvalue weighted by molar-refractivity contribution is -0.143. The molecule has 3 heteroatoms. The highest BCUT2D eigenvalue weighted by Gasteiger charge is 2.25. The predicted octanol–water partition coefficient (Wildman–Crippen LogP) is 2.68. The summed E-state index contributed by atoms with van der Waals surface area (Å²) in [5, 5.41) is 10.1. The summed E-state index contributed by atoms with van der Waals surface area (Å²) in [6, 6.07) is 0. The Labute approximate surface area is 104 Å². The molecule has 0 amide bonds. The minimum absolute atomic E-state index is 0.206. The summed E-state index contributed by atoms with van der Waals surface area (Å²) in [4.78, 5) is 11.2. The van der Waals surface area contributed by atoms with Crippen molar-refractivity contribution < 1.29 is 14.6 Å². The largest absolute Gasteiger partial charge is 0.466 e. The van der Waals surface area contributed by atoms with Crippen LogP contribution >= 0.6 is 0 Å². The number of aliphatic hydroxyl groups is 1. The number of hydrogen-bond acceptors (Lipinski definition) is 3. The monoisotopic (exact) mass is 240 g/mol. The molecule has 0 saturated carbocycles.